The molecule has 0 aromatic heterocycles. The van der Waals surface area contributed by atoms with Gasteiger partial charge in [-0.3, -0.25) is 0 Å². The van der Waals surface area contributed by atoms with Gasteiger partial charge in [-0.1, -0.05) is 41.2 Å². The minimum absolute atomic E-state index is 0.172. The molecule has 1 N–H and O–H groups in total. The summed E-state index contributed by atoms with van der Waals surface area (Å²) < 4.78 is 0. The number of aliphatic hydroxyl groups is 1. The molecule has 0 aromatic rings. The highest BCUT2D eigenvalue weighted by atomic mass is 16.2. The molecule has 0 bridgehead atoms. The van der Waals surface area contributed by atoms with Crippen LogP contribution in [0.4, 0.5) is 0 Å². The summed E-state index contributed by atoms with van der Waals surface area (Å²) in [6, 6.07) is 0. The van der Waals surface area contributed by atoms with Crippen LogP contribution in [0.1, 0.15) is 47.5 Å². The molecule has 0 fully saturated rings. The Hall–Kier alpha value is -0.540. The van der Waals surface area contributed by atoms with Gasteiger partial charge in [0.15, 0.2) is 0 Å². The van der Waals surface area contributed by atoms with Crippen LogP contribution in [-0.2, 0) is 0 Å². The Bertz CT molecular complexity index is 265. The number of allylic oxidation sites excluding steroid dienone is 1. The zero-order valence-electron chi connectivity index (χ0n) is 15.4. The van der Waals surface area contributed by atoms with Crippen molar-refractivity contribution < 1.29 is 5.11 Å². The van der Waals surface area contributed by atoms with Gasteiger partial charge in [0, 0.05) is 31.8 Å². The fraction of sp³-hybridized carbons (Fsp3) is 0.882. The van der Waals surface area contributed by atoms with Crippen LogP contribution in [-0.4, -0.2) is 56.2 Å². The minimum Gasteiger partial charge on any atom is -0.400 e. The van der Waals surface area contributed by atoms with Gasteiger partial charge in [-0.2, -0.15) is 0 Å². The van der Waals surface area contributed by atoms with E-state index in [2.05, 4.69) is 72.1 Å². The van der Waals surface area contributed by atoms with Gasteiger partial charge in [-0.15, -0.1) is 0 Å². The molecular formula is C17H38N2O. The van der Waals surface area contributed by atoms with Crippen LogP contribution < -0.4 is 0 Å². The maximum Gasteiger partial charge on any atom is 0.0319 e. The molecule has 0 aliphatic carbocycles. The van der Waals surface area contributed by atoms with Crippen LogP contribution in [0.2, 0.25) is 0 Å². The zero-order valence-corrected chi connectivity index (χ0v) is 15.4. The van der Waals surface area contributed by atoms with Gasteiger partial charge in [0.05, 0.1) is 0 Å². The standard InChI is InChI=1S/C16H34N2.CH4O/c1-14(16(5,6)13-15(2,3)4)18(9)12-10-11-17(7)8;1-2/h1,10-13H2,2-9H3;2H,1H3. The number of hydrogen-bond donors (Lipinski definition) is 1. The highest BCUT2D eigenvalue weighted by Gasteiger charge is 2.29. The first-order valence-corrected chi connectivity index (χ1v) is 7.46. The molecule has 0 aliphatic rings. The lowest BCUT2D eigenvalue weighted by Crippen LogP contribution is -2.32. The van der Waals surface area contributed by atoms with Crippen LogP contribution >= 0.6 is 0 Å². The van der Waals surface area contributed by atoms with E-state index >= 15 is 0 Å². The minimum atomic E-state index is 0.172. The normalized spacial score (nSPS) is 11.9. The predicted octanol–water partition coefficient (Wildman–Crippen LogP) is 3.45. The monoisotopic (exact) mass is 286 g/mol. The fourth-order valence-corrected chi connectivity index (χ4v) is 2.70. The Morgan fingerprint density at radius 3 is 1.75 bits per heavy atom. The zero-order chi connectivity index (χ0) is 16.6. The van der Waals surface area contributed by atoms with Gasteiger partial charge in [0.2, 0.25) is 0 Å². The summed E-state index contributed by atoms with van der Waals surface area (Å²) in [6.45, 7) is 18.1. The van der Waals surface area contributed by atoms with Crippen molar-refractivity contribution in [1.29, 1.82) is 0 Å². The van der Waals surface area contributed by atoms with Gasteiger partial charge in [-0.05, 0) is 38.9 Å². The number of aliphatic hydroxyl groups excluding tert-OH is 1. The molecular weight excluding hydrogens is 248 g/mol. The van der Waals surface area contributed by atoms with E-state index in [0.29, 0.717) is 5.41 Å². The molecule has 0 aromatic carbocycles. The summed E-state index contributed by atoms with van der Waals surface area (Å²) in [4.78, 5) is 4.56. The van der Waals surface area contributed by atoms with Crippen molar-refractivity contribution in [3.05, 3.63) is 12.3 Å². The second-order valence-corrected chi connectivity index (χ2v) is 7.65. The Morgan fingerprint density at radius 2 is 1.40 bits per heavy atom. The molecule has 0 atom stereocenters. The molecule has 0 spiro atoms. The van der Waals surface area contributed by atoms with Gasteiger partial charge >= 0.3 is 0 Å². The van der Waals surface area contributed by atoms with E-state index in [1.54, 1.807) is 0 Å². The SMILES string of the molecule is C=C(N(C)CCCN(C)C)C(C)(C)CC(C)(C)C.CO. The molecule has 0 aliphatic heterocycles. The number of nitrogens with zero attached hydrogens (tertiary/aromatic N) is 2. The Balaban J connectivity index is 0. The molecule has 0 unspecified atom stereocenters. The van der Waals surface area contributed by atoms with Crippen molar-refractivity contribution >= 4 is 0 Å². The maximum atomic E-state index is 7.00. The summed E-state index contributed by atoms with van der Waals surface area (Å²) in [5.41, 5.74) is 1.78. The number of hydrogen-bond acceptors (Lipinski definition) is 3. The van der Waals surface area contributed by atoms with Crippen LogP contribution in [0.25, 0.3) is 0 Å². The van der Waals surface area contributed by atoms with Crippen molar-refractivity contribution in [3.63, 3.8) is 0 Å². The number of rotatable bonds is 7. The largest absolute Gasteiger partial charge is 0.400 e. The van der Waals surface area contributed by atoms with Crippen LogP contribution in [0, 0.1) is 10.8 Å². The second-order valence-electron chi connectivity index (χ2n) is 7.65. The van der Waals surface area contributed by atoms with Crippen LogP contribution in [0.3, 0.4) is 0 Å². The van der Waals surface area contributed by atoms with Crippen molar-refractivity contribution in [3.8, 4) is 0 Å². The average molecular weight is 287 g/mol. The molecule has 20 heavy (non-hydrogen) atoms. The predicted molar refractivity (Wildman–Crippen MR) is 90.9 cm³/mol. The quantitative estimate of drug-likeness (QED) is 0.776. The van der Waals surface area contributed by atoms with Gasteiger partial charge in [0.1, 0.15) is 0 Å². The van der Waals surface area contributed by atoms with Crippen LogP contribution in [0.15, 0.2) is 12.3 Å². The van der Waals surface area contributed by atoms with E-state index in [1.165, 1.54) is 12.1 Å². The topological polar surface area (TPSA) is 26.7 Å². The first-order chi connectivity index (χ1) is 8.96. The van der Waals surface area contributed by atoms with Crippen molar-refractivity contribution in [1.82, 2.24) is 9.80 Å². The smallest absolute Gasteiger partial charge is 0.0319 e. The third-order valence-electron chi connectivity index (χ3n) is 3.31. The Labute approximate surface area is 127 Å². The maximum absolute atomic E-state index is 7.00. The van der Waals surface area contributed by atoms with Gasteiger partial charge < -0.3 is 14.9 Å². The molecule has 3 heteroatoms. The average Bonchev–Trinajstić information content (AvgIpc) is 2.26. The first-order valence-electron chi connectivity index (χ1n) is 7.46. The summed E-state index contributed by atoms with van der Waals surface area (Å²) in [5, 5.41) is 7.00. The molecule has 0 radical (unpaired) electrons. The van der Waals surface area contributed by atoms with E-state index in [1.807, 2.05) is 0 Å². The molecule has 0 saturated carbocycles. The van der Waals surface area contributed by atoms with Crippen molar-refractivity contribution in [2.24, 2.45) is 10.8 Å². The van der Waals surface area contributed by atoms with E-state index in [9.17, 15) is 0 Å². The molecule has 0 rings (SSSR count). The summed E-state index contributed by atoms with van der Waals surface area (Å²) >= 11 is 0. The Morgan fingerprint density at radius 1 is 0.950 bits per heavy atom. The summed E-state index contributed by atoms with van der Waals surface area (Å²) in [7, 11) is 7.42. The summed E-state index contributed by atoms with van der Waals surface area (Å²) in [5.74, 6) is 0. The molecule has 122 valence electrons. The van der Waals surface area contributed by atoms with E-state index in [-0.39, 0.29) is 5.41 Å². The lowest BCUT2D eigenvalue weighted by Gasteiger charge is -2.38. The molecule has 3 nitrogen and oxygen atoms in total. The lowest BCUT2D eigenvalue weighted by molar-refractivity contribution is 0.199. The fourth-order valence-electron chi connectivity index (χ4n) is 2.70. The highest BCUT2D eigenvalue weighted by molar-refractivity contribution is 5.06. The third kappa shape index (κ3) is 10.3. The molecule has 0 heterocycles. The molecule has 0 amide bonds. The van der Waals surface area contributed by atoms with E-state index < -0.39 is 0 Å². The third-order valence-corrected chi connectivity index (χ3v) is 3.31. The highest BCUT2D eigenvalue weighted by Crippen LogP contribution is 2.38. The van der Waals surface area contributed by atoms with Gasteiger partial charge in [-0.25, -0.2) is 0 Å². The van der Waals surface area contributed by atoms with Crippen molar-refractivity contribution in [2.45, 2.75) is 47.5 Å². The Kier molecular flexibility index (Phi) is 10.2. The van der Waals surface area contributed by atoms with Crippen LogP contribution in [0.5, 0.6) is 0 Å². The molecule has 0 saturated heterocycles. The first kappa shape index (κ1) is 21.8. The lowest BCUT2D eigenvalue weighted by atomic mass is 9.74. The van der Waals surface area contributed by atoms with E-state index in [4.69, 9.17) is 5.11 Å². The second kappa shape index (κ2) is 9.41. The van der Waals surface area contributed by atoms with Gasteiger partial charge in [0.25, 0.3) is 0 Å². The van der Waals surface area contributed by atoms with Crippen molar-refractivity contribution in [2.75, 3.05) is 41.3 Å². The van der Waals surface area contributed by atoms with E-state index in [0.717, 1.165) is 26.6 Å². The summed E-state index contributed by atoms with van der Waals surface area (Å²) in [6.07, 6.45) is 2.35.